The first-order valence-electron chi connectivity index (χ1n) is 5.47. The Morgan fingerprint density at radius 1 is 0.667 bits per heavy atom. The Kier molecular flexibility index (Phi) is 1.33. The number of rotatable bonds is 0. The molecule has 0 aromatic rings. The maximum Gasteiger partial charge on any atom is 0.202 e. The predicted octanol–water partition coefficient (Wildman–Crippen LogP) is 2.36. The molecule has 3 heteroatoms. The molecular weight excluding hydrogens is 192 g/mol. The summed E-state index contributed by atoms with van der Waals surface area (Å²) in [5.41, 5.74) is 1.96. The van der Waals surface area contributed by atoms with E-state index >= 15 is 0 Å². The second kappa shape index (κ2) is 2.04. The van der Waals surface area contributed by atoms with Crippen molar-refractivity contribution in [2.24, 2.45) is 0 Å². The molecule has 3 rings (SSSR count). The van der Waals surface area contributed by atoms with Gasteiger partial charge in [-0.3, -0.25) is 0 Å². The molecule has 3 aliphatic rings. The average Bonchev–Trinajstić information content (AvgIpc) is 2.84. The molecule has 0 spiro atoms. The van der Waals surface area contributed by atoms with Crippen molar-refractivity contribution in [3.8, 4) is 0 Å². The molecule has 0 saturated carbocycles. The second-order valence-corrected chi connectivity index (χ2v) is 5.51. The van der Waals surface area contributed by atoms with Gasteiger partial charge in [-0.25, -0.2) is 0 Å². The van der Waals surface area contributed by atoms with E-state index in [-0.39, 0.29) is 11.2 Å². The van der Waals surface area contributed by atoms with Crippen molar-refractivity contribution in [3.63, 3.8) is 0 Å². The van der Waals surface area contributed by atoms with E-state index in [1.165, 1.54) is 11.1 Å². The monoisotopic (exact) mass is 210 g/mol. The van der Waals surface area contributed by atoms with Crippen LogP contribution < -0.4 is 0 Å². The minimum absolute atomic E-state index is 0.264. The molecule has 0 unspecified atom stereocenters. The SMILES string of the molecule is CC1=C(C)[C@@]2(C)O[C@@]2(C)O[C@@]2(C)O[C@@]12C. The summed E-state index contributed by atoms with van der Waals surface area (Å²) in [5.74, 6) is -1.03. The minimum atomic E-state index is -0.513. The van der Waals surface area contributed by atoms with Gasteiger partial charge in [-0.15, -0.1) is 0 Å². The van der Waals surface area contributed by atoms with Crippen LogP contribution in [-0.4, -0.2) is 22.8 Å². The van der Waals surface area contributed by atoms with E-state index in [2.05, 4.69) is 27.7 Å². The van der Waals surface area contributed by atoms with Crippen molar-refractivity contribution in [1.82, 2.24) is 0 Å². The molecule has 2 fully saturated rings. The molecule has 3 heterocycles. The zero-order valence-electron chi connectivity index (χ0n) is 10.2. The highest BCUT2D eigenvalue weighted by atomic mass is 16.9. The summed E-state index contributed by atoms with van der Waals surface area (Å²) in [5, 5.41) is 0. The smallest absolute Gasteiger partial charge is 0.202 e. The minimum Gasteiger partial charge on any atom is -0.331 e. The number of hydrogen-bond acceptors (Lipinski definition) is 3. The van der Waals surface area contributed by atoms with Crippen LogP contribution in [0.1, 0.15) is 41.5 Å². The third kappa shape index (κ3) is 0.811. The summed E-state index contributed by atoms with van der Waals surface area (Å²) in [4.78, 5) is 0. The summed E-state index contributed by atoms with van der Waals surface area (Å²) in [7, 11) is 0. The molecule has 4 atom stereocenters. The lowest BCUT2D eigenvalue weighted by Crippen LogP contribution is -2.30. The number of ether oxygens (including phenoxy) is 3. The molecule has 15 heavy (non-hydrogen) atoms. The quantitative estimate of drug-likeness (QED) is 0.454. The van der Waals surface area contributed by atoms with E-state index < -0.39 is 11.6 Å². The third-order valence-electron chi connectivity index (χ3n) is 4.83. The molecule has 0 N–H and O–H groups in total. The predicted molar refractivity (Wildman–Crippen MR) is 55.2 cm³/mol. The van der Waals surface area contributed by atoms with Gasteiger partial charge in [0.15, 0.2) is 0 Å². The van der Waals surface area contributed by atoms with Gasteiger partial charge in [-0.2, -0.15) is 0 Å². The Morgan fingerprint density at radius 2 is 1.00 bits per heavy atom. The molecule has 2 saturated heterocycles. The van der Waals surface area contributed by atoms with Gasteiger partial charge in [0.1, 0.15) is 11.2 Å². The average molecular weight is 210 g/mol. The largest absolute Gasteiger partial charge is 0.331 e. The Balaban J connectivity index is 2.17. The molecule has 0 bridgehead atoms. The highest BCUT2D eigenvalue weighted by molar-refractivity contribution is 5.42. The molecule has 0 aliphatic carbocycles. The number of hydrogen-bond donors (Lipinski definition) is 0. The standard InChI is InChI=1S/C12H18O3/c1-7-8(2)10(4)12(6,14-10)15-11(5)9(7,3)13-11/h1-6H3/t9-,10+,11+,12-. The van der Waals surface area contributed by atoms with Crippen LogP contribution in [0.5, 0.6) is 0 Å². The van der Waals surface area contributed by atoms with Gasteiger partial charge in [-0.05, 0) is 52.7 Å². The lowest BCUT2D eigenvalue weighted by Gasteiger charge is -2.14. The van der Waals surface area contributed by atoms with E-state index in [0.29, 0.717) is 0 Å². The van der Waals surface area contributed by atoms with E-state index in [1.54, 1.807) is 0 Å². The van der Waals surface area contributed by atoms with Crippen molar-refractivity contribution in [2.45, 2.75) is 64.3 Å². The first-order valence-corrected chi connectivity index (χ1v) is 5.47. The van der Waals surface area contributed by atoms with E-state index in [0.717, 1.165) is 0 Å². The molecule has 3 aliphatic heterocycles. The highest BCUT2D eigenvalue weighted by Gasteiger charge is 2.79. The Hall–Kier alpha value is -0.380. The van der Waals surface area contributed by atoms with Gasteiger partial charge >= 0.3 is 0 Å². The molecule has 0 aromatic carbocycles. The maximum atomic E-state index is 6.00. The van der Waals surface area contributed by atoms with E-state index in [4.69, 9.17) is 14.2 Å². The Labute approximate surface area is 90.4 Å². The molecule has 0 aromatic heterocycles. The zero-order valence-corrected chi connectivity index (χ0v) is 10.2. The summed E-state index contributed by atoms with van der Waals surface area (Å²) in [6, 6.07) is 0. The molecule has 3 nitrogen and oxygen atoms in total. The Bertz CT molecular complexity index is 366. The van der Waals surface area contributed by atoms with Crippen LogP contribution in [0.25, 0.3) is 0 Å². The first kappa shape index (κ1) is 9.82. The van der Waals surface area contributed by atoms with Gasteiger partial charge < -0.3 is 14.2 Å². The maximum absolute atomic E-state index is 6.00. The fourth-order valence-electron chi connectivity index (χ4n) is 2.89. The van der Waals surface area contributed by atoms with Crippen LogP contribution in [0.3, 0.4) is 0 Å². The van der Waals surface area contributed by atoms with Crippen LogP contribution in [-0.2, 0) is 14.2 Å². The van der Waals surface area contributed by atoms with Gasteiger partial charge in [-0.1, -0.05) is 0 Å². The normalized spacial score (nSPS) is 62.0. The van der Waals surface area contributed by atoms with Crippen LogP contribution in [0.4, 0.5) is 0 Å². The van der Waals surface area contributed by atoms with Crippen molar-refractivity contribution in [1.29, 1.82) is 0 Å². The molecule has 0 radical (unpaired) electrons. The van der Waals surface area contributed by atoms with Crippen LogP contribution in [0, 0.1) is 0 Å². The fraction of sp³-hybridized carbons (Fsp3) is 0.833. The van der Waals surface area contributed by atoms with Gasteiger partial charge in [0, 0.05) is 0 Å². The number of epoxide rings is 2. The summed E-state index contributed by atoms with van der Waals surface area (Å²) in [6.45, 7) is 12.4. The van der Waals surface area contributed by atoms with E-state index in [9.17, 15) is 0 Å². The zero-order chi connectivity index (χ0) is 11.3. The second-order valence-electron chi connectivity index (χ2n) is 5.51. The third-order valence-corrected chi connectivity index (χ3v) is 4.83. The fourth-order valence-corrected chi connectivity index (χ4v) is 2.89. The van der Waals surface area contributed by atoms with Crippen LogP contribution in [0.15, 0.2) is 11.1 Å². The molecule has 84 valence electrons. The lowest BCUT2D eigenvalue weighted by molar-refractivity contribution is -0.132. The summed E-state index contributed by atoms with van der Waals surface area (Å²) in [6.07, 6.45) is 0. The summed E-state index contributed by atoms with van der Waals surface area (Å²) < 4.78 is 17.5. The molecule has 0 amide bonds. The molecular formula is C12H18O3. The van der Waals surface area contributed by atoms with Gasteiger partial charge in [0.25, 0.3) is 0 Å². The first-order chi connectivity index (χ1) is 6.69. The van der Waals surface area contributed by atoms with Crippen molar-refractivity contribution >= 4 is 0 Å². The van der Waals surface area contributed by atoms with E-state index in [1.807, 2.05) is 13.8 Å². The number of fused-ring (bicyclic) bond motifs is 2. The highest BCUT2D eigenvalue weighted by Crippen LogP contribution is 2.66. The van der Waals surface area contributed by atoms with Crippen LogP contribution in [0.2, 0.25) is 0 Å². The topological polar surface area (TPSA) is 34.3 Å². The van der Waals surface area contributed by atoms with Crippen molar-refractivity contribution < 1.29 is 14.2 Å². The lowest BCUT2D eigenvalue weighted by atomic mass is 9.88. The van der Waals surface area contributed by atoms with Crippen LogP contribution >= 0.6 is 0 Å². The van der Waals surface area contributed by atoms with Crippen molar-refractivity contribution in [3.05, 3.63) is 11.1 Å². The summed E-state index contributed by atoms with van der Waals surface area (Å²) >= 11 is 0. The van der Waals surface area contributed by atoms with Gasteiger partial charge in [0.05, 0.1) is 0 Å². The Morgan fingerprint density at radius 3 is 1.33 bits per heavy atom. The van der Waals surface area contributed by atoms with Crippen molar-refractivity contribution in [2.75, 3.05) is 0 Å². The van der Waals surface area contributed by atoms with Gasteiger partial charge in [0.2, 0.25) is 11.6 Å².